The Hall–Kier alpha value is -1.89. The first kappa shape index (κ1) is 13.1. The number of aromatic amines is 1. The van der Waals surface area contributed by atoms with Gasteiger partial charge < -0.3 is 10.2 Å². The SMILES string of the molecule is CCNCC1CCN(c2cc3n[nH]c(=O)n3cn2)CC1. The summed E-state index contributed by atoms with van der Waals surface area (Å²) in [5.41, 5.74) is 0.373. The fourth-order valence-electron chi connectivity index (χ4n) is 2.69. The zero-order chi connectivity index (χ0) is 13.9. The molecule has 1 aliphatic rings. The molecule has 3 rings (SSSR count). The van der Waals surface area contributed by atoms with Crippen LogP contribution in [-0.4, -0.2) is 45.8 Å². The molecule has 2 N–H and O–H groups in total. The number of H-pyrrole nitrogens is 1. The number of nitrogens with one attached hydrogen (secondary N) is 2. The first-order chi connectivity index (χ1) is 9.78. The maximum atomic E-state index is 11.4. The van der Waals surface area contributed by atoms with E-state index in [1.54, 1.807) is 6.33 Å². The van der Waals surface area contributed by atoms with E-state index < -0.39 is 0 Å². The quantitative estimate of drug-likeness (QED) is 0.836. The van der Waals surface area contributed by atoms with Gasteiger partial charge in [-0.15, -0.1) is 0 Å². The number of hydrogen-bond acceptors (Lipinski definition) is 5. The van der Waals surface area contributed by atoms with Crippen LogP contribution in [0.3, 0.4) is 0 Å². The van der Waals surface area contributed by atoms with Crippen molar-refractivity contribution >= 4 is 11.5 Å². The van der Waals surface area contributed by atoms with E-state index in [9.17, 15) is 4.79 Å². The van der Waals surface area contributed by atoms with Crippen LogP contribution in [0.25, 0.3) is 5.65 Å². The Kier molecular flexibility index (Phi) is 3.68. The molecule has 0 aromatic carbocycles. The minimum absolute atomic E-state index is 0.247. The van der Waals surface area contributed by atoms with Crippen molar-refractivity contribution in [2.75, 3.05) is 31.1 Å². The Morgan fingerprint density at radius 2 is 2.25 bits per heavy atom. The lowest BCUT2D eigenvalue weighted by molar-refractivity contribution is 0.385. The summed E-state index contributed by atoms with van der Waals surface area (Å²) in [5, 5.41) is 9.82. The Morgan fingerprint density at radius 1 is 1.45 bits per heavy atom. The highest BCUT2D eigenvalue weighted by Gasteiger charge is 2.20. The third-order valence-electron chi connectivity index (χ3n) is 3.92. The normalized spacial score (nSPS) is 16.9. The molecule has 7 heteroatoms. The molecule has 0 spiro atoms. The second-order valence-electron chi connectivity index (χ2n) is 5.24. The van der Waals surface area contributed by atoms with Gasteiger partial charge >= 0.3 is 5.69 Å². The van der Waals surface area contributed by atoms with E-state index in [1.165, 1.54) is 17.2 Å². The molecular formula is C13H20N6O. The molecule has 108 valence electrons. The maximum absolute atomic E-state index is 11.4. The Morgan fingerprint density at radius 3 is 3.00 bits per heavy atom. The van der Waals surface area contributed by atoms with Crippen LogP contribution in [-0.2, 0) is 0 Å². The van der Waals surface area contributed by atoms with E-state index >= 15 is 0 Å². The maximum Gasteiger partial charge on any atom is 0.348 e. The number of rotatable bonds is 4. The van der Waals surface area contributed by atoms with E-state index in [0.717, 1.165) is 37.9 Å². The van der Waals surface area contributed by atoms with Gasteiger partial charge in [0.15, 0.2) is 5.65 Å². The molecule has 1 fully saturated rings. The Labute approximate surface area is 117 Å². The summed E-state index contributed by atoms with van der Waals surface area (Å²) in [6, 6.07) is 1.86. The average molecular weight is 276 g/mol. The van der Waals surface area contributed by atoms with Gasteiger partial charge in [0.2, 0.25) is 0 Å². The predicted molar refractivity (Wildman–Crippen MR) is 77.1 cm³/mol. The Balaban J connectivity index is 1.68. The summed E-state index contributed by atoms with van der Waals surface area (Å²) in [6.07, 6.45) is 3.89. The van der Waals surface area contributed by atoms with Gasteiger partial charge in [0.1, 0.15) is 12.1 Å². The third kappa shape index (κ3) is 2.53. The van der Waals surface area contributed by atoms with Crippen molar-refractivity contribution in [2.45, 2.75) is 19.8 Å². The van der Waals surface area contributed by atoms with Crippen molar-refractivity contribution in [3.05, 3.63) is 22.9 Å². The summed E-state index contributed by atoms with van der Waals surface area (Å²) in [7, 11) is 0. The molecule has 0 aliphatic carbocycles. The second kappa shape index (κ2) is 5.62. The lowest BCUT2D eigenvalue weighted by Gasteiger charge is -2.32. The zero-order valence-electron chi connectivity index (χ0n) is 11.7. The molecule has 2 aromatic heterocycles. The minimum Gasteiger partial charge on any atom is -0.356 e. The highest BCUT2D eigenvalue weighted by atomic mass is 16.1. The van der Waals surface area contributed by atoms with Crippen molar-refractivity contribution in [1.82, 2.24) is 24.9 Å². The van der Waals surface area contributed by atoms with Crippen LogP contribution in [0, 0.1) is 5.92 Å². The molecule has 7 nitrogen and oxygen atoms in total. The standard InChI is InChI=1S/C13H20N6O/c1-2-14-8-10-3-5-18(6-4-10)11-7-12-16-17-13(20)19(12)9-15-11/h7,9-10,14H,2-6,8H2,1H3,(H,17,20). The van der Waals surface area contributed by atoms with Crippen LogP contribution >= 0.6 is 0 Å². The van der Waals surface area contributed by atoms with Crippen LogP contribution in [0.15, 0.2) is 17.2 Å². The van der Waals surface area contributed by atoms with Gasteiger partial charge in [-0.3, -0.25) is 0 Å². The lowest BCUT2D eigenvalue weighted by atomic mass is 9.97. The fraction of sp³-hybridized carbons (Fsp3) is 0.615. The molecule has 1 saturated heterocycles. The Bertz CT molecular complexity index is 625. The topological polar surface area (TPSA) is 78.3 Å². The largest absolute Gasteiger partial charge is 0.356 e. The van der Waals surface area contributed by atoms with Gasteiger partial charge in [0.25, 0.3) is 0 Å². The van der Waals surface area contributed by atoms with Crippen molar-refractivity contribution in [1.29, 1.82) is 0 Å². The van der Waals surface area contributed by atoms with E-state index in [0.29, 0.717) is 5.65 Å². The third-order valence-corrected chi connectivity index (χ3v) is 3.92. The lowest BCUT2D eigenvalue weighted by Crippen LogP contribution is -2.37. The van der Waals surface area contributed by atoms with Gasteiger partial charge in [-0.25, -0.2) is 19.3 Å². The van der Waals surface area contributed by atoms with Crippen molar-refractivity contribution in [3.8, 4) is 0 Å². The van der Waals surface area contributed by atoms with Crippen molar-refractivity contribution in [3.63, 3.8) is 0 Å². The predicted octanol–water partition coefficient (Wildman–Crippen LogP) is 0.244. The first-order valence-corrected chi connectivity index (χ1v) is 7.16. The zero-order valence-corrected chi connectivity index (χ0v) is 11.7. The number of nitrogens with zero attached hydrogens (tertiary/aromatic N) is 4. The van der Waals surface area contributed by atoms with Gasteiger partial charge in [-0.1, -0.05) is 6.92 Å². The summed E-state index contributed by atoms with van der Waals surface area (Å²) in [5.74, 6) is 1.65. The van der Waals surface area contributed by atoms with Crippen LogP contribution in [0.2, 0.25) is 0 Å². The summed E-state index contributed by atoms with van der Waals surface area (Å²) >= 11 is 0. The van der Waals surface area contributed by atoms with Crippen LogP contribution in [0.5, 0.6) is 0 Å². The van der Waals surface area contributed by atoms with Gasteiger partial charge in [0.05, 0.1) is 0 Å². The van der Waals surface area contributed by atoms with Crippen LogP contribution < -0.4 is 15.9 Å². The highest BCUT2D eigenvalue weighted by Crippen LogP contribution is 2.21. The van der Waals surface area contributed by atoms with Gasteiger partial charge in [-0.05, 0) is 31.8 Å². The molecule has 2 aromatic rings. The molecular weight excluding hydrogens is 256 g/mol. The van der Waals surface area contributed by atoms with Crippen LogP contribution in [0.1, 0.15) is 19.8 Å². The van der Waals surface area contributed by atoms with E-state index in [-0.39, 0.29) is 5.69 Å². The number of piperidine rings is 1. The highest BCUT2D eigenvalue weighted by molar-refractivity contribution is 5.50. The second-order valence-corrected chi connectivity index (χ2v) is 5.24. The van der Waals surface area contributed by atoms with Gasteiger partial charge in [0, 0.05) is 19.2 Å². The molecule has 0 saturated carbocycles. The van der Waals surface area contributed by atoms with Crippen molar-refractivity contribution < 1.29 is 0 Å². The molecule has 0 bridgehead atoms. The molecule has 0 amide bonds. The number of fused-ring (bicyclic) bond motifs is 1. The molecule has 1 aliphatic heterocycles. The van der Waals surface area contributed by atoms with E-state index in [2.05, 4.69) is 32.3 Å². The first-order valence-electron chi connectivity index (χ1n) is 7.16. The summed E-state index contributed by atoms with van der Waals surface area (Å²) in [6.45, 7) is 6.29. The average Bonchev–Trinajstić information content (AvgIpc) is 2.86. The summed E-state index contributed by atoms with van der Waals surface area (Å²) < 4.78 is 1.42. The number of anilines is 1. The smallest absolute Gasteiger partial charge is 0.348 e. The number of aromatic nitrogens is 4. The molecule has 0 atom stereocenters. The van der Waals surface area contributed by atoms with Crippen LogP contribution in [0.4, 0.5) is 5.82 Å². The van der Waals surface area contributed by atoms with Crippen molar-refractivity contribution in [2.24, 2.45) is 5.92 Å². The summed E-state index contributed by atoms with van der Waals surface area (Å²) in [4.78, 5) is 18.0. The molecule has 0 radical (unpaired) electrons. The van der Waals surface area contributed by atoms with E-state index in [4.69, 9.17) is 0 Å². The molecule has 20 heavy (non-hydrogen) atoms. The fourth-order valence-corrected chi connectivity index (χ4v) is 2.69. The van der Waals surface area contributed by atoms with E-state index in [1.807, 2.05) is 6.07 Å². The van der Waals surface area contributed by atoms with Gasteiger partial charge in [-0.2, -0.15) is 5.10 Å². The number of hydrogen-bond donors (Lipinski definition) is 2. The monoisotopic (exact) mass is 276 g/mol. The minimum atomic E-state index is -0.247. The molecule has 0 unspecified atom stereocenters. The molecule has 3 heterocycles.